The number of halogens is 3. The third-order valence-electron chi connectivity index (χ3n) is 1.85. The van der Waals surface area contributed by atoms with E-state index in [-0.39, 0.29) is 24.8 Å². The Morgan fingerprint density at radius 3 is 2.67 bits per heavy atom. The van der Waals surface area contributed by atoms with Crippen LogP contribution in [0.15, 0.2) is 35.7 Å². The van der Waals surface area contributed by atoms with E-state index in [4.69, 9.17) is 17.4 Å². The first-order chi connectivity index (χ1) is 7.77. The van der Waals surface area contributed by atoms with Crippen molar-refractivity contribution in [3.63, 3.8) is 0 Å². The molecule has 1 aromatic heterocycles. The van der Waals surface area contributed by atoms with Crippen LogP contribution in [-0.2, 0) is 0 Å². The summed E-state index contributed by atoms with van der Waals surface area (Å²) in [4.78, 5) is 0. The van der Waals surface area contributed by atoms with E-state index in [0.29, 0.717) is 11.0 Å². The zero-order valence-corrected chi connectivity index (χ0v) is 11.4. The fourth-order valence-electron chi connectivity index (χ4n) is 1.06. The van der Waals surface area contributed by atoms with Crippen LogP contribution in [0.1, 0.15) is 5.56 Å². The lowest BCUT2D eigenvalue weighted by molar-refractivity contribution is 0.988. The molecule has 1 heterocycles. The second-order valence-electron chi connectivity index (χ2n) is 2.95. The number of hydrogen-bond acceptors (Lipinski definition) is 5. The van der Waals surface area contributed by atoms with Crippen LogP contribution in [0.3, 0.4) is 0 Å². The summed E-state index contributed by atoms with van der Waals surface area (Å²) in [5, 5.41) is 11.9. The second-order valence-corrected chi connectivity index (χ2v) is 3.36. The van der Waals surface area contributed by atoms with Crippen molar-refractivity contribution in [2.24, 2.45) is 5.10 Å². The number of anilines is 1. The van der Waals surface area contributed by atoms with Crippen molar-refractivity contribution >= 4 is 48.6 Å². The number of nitrogens with one attached hydrogen (secondary N) is 1. The summed E-state index contributed by atoms with van der Waals surface area (Å²) < 4.78 is 1.23. The summed E-state index contributed by atoms with van der Waals surface area (Å²) in [6.07, 6.45) is 2.95. The Morgan fingerprint density at radius 1 is 1.33 bits per heavy atom. The number of nitrogens with two attached hydrogens (primary N) is 1. The monoisotopic (exact) mass is 308 g/mol. The minimum Gasteiger partial charge on any atom is -0.335 e. The molecule has 9 heteroatoms. The van der Waals surface area contributed by atoms with E-state index < -0.39 is 0 Å². The molecular formula is C9H11Cl3N6. The van der Waals surface area contributed by atoms with Crippen LogP contribution in [0.2, 0.25) is 5.02 Å². The molecular weight excluding hydrogens is 298 g/mol. The van der Waals surface area contributed by atoms with Gasteiger partial charge < -0.3 is 5.84 Å². The maximum Gasteiger partial charge on any atom is 0.263 e. The first kappa shape index (κ1) is 16.5. The topological polar surface area (TPSA) is 81.1 Å². The average Bonchev–Trinajstić information content (AvgIpc) is 2.67. The molecule has 2 aromatic rings. The lowest BCUT2D eigenvalue weighted by Crippen LogP contribution is -2.10. The highest BCUT2D eigenvalue weighted by Gasteiger charge is 1.97. The van der Waals surface area contributed by atoms with Gasteiger partial charge in [-0.3, -0.25) is 0 Å². The third-order valence-corrected chi connectivity index (χ3v) is 2.19. The molecule has 98 valence electrons. The van der Waals surface area contributed by atoms with Gasteiger partial charge in [0.1, 0.15) is 6.33 Å². The van der Waals surface area contributed by atoms with E-state index in [9.17, 15) is 0 Å². The molecule has 1 aromatic carbocycles. The van der Waals surface area contributed by atoms with Crippen molar-refractivity contribution in [1.29, 1.82) is 0 Å². The van der Waals surface area contributed by atoms with Gasteiger partial charge in [0.2, 0.25) is 0 Å². The number of nitrogens with zero attached hydrogens (tertiary/aromatic N) is 4. The van der Waals surface area contributed by atoms with Crippen LogP contribution in [0.5, 0.6) is 0 Å². The van der Waals surface area contributed by atoms with E-state index in [1.807, 2.05) is 18.2 Å². The molecule has 0 saturated heterocycles. The summed E-state index contributed by atoms with van der Waals surface area (Å²) in [6, 6.07) is 7.36. The highest BCUT2D eigenvalue weighted by Crippen LogP contribution is 2.12. The van der Waals surface area contributed by atoms with Crippen molar-refractivity contribution in [2.45, 2.75) is 0 Å². The largest absolute Gasteiger partial charge is 0.335 e. The molecule has 0 aliphatic heterocycles. The van der Waals surface area contributed by atoms with Gasteiger partial charge in [0.25, 0.3) is 5.95 Å². The molecule has 18 heavy (non-hydrogen) atoms. The van der Waals surface area contributed by atoms with Gasteiger partial charge >= 0.3 is 0 Å². The van der Waals surface area contributed by atoms with Crippen LogP contribution in [0.25, 0.3) is 0 Å². The Balaban J connectivity index is 0.00000144. The van der Waals surface area contributed by atoms with Crippen LogP contribution in [-0.4, -0.2) is 21.1 Å². The molecule has 0 aliphatic rings. The minimum atomic E-state index is 0. The number of benzene rings is 1. The fourth-order valence-corrected chi connectivity index (χ4v) is 1.25. The molecule has 0 aliphatic carbocycles. The molecule has 2 rings (SSSR count). The molecule has 0 fully saturated rings. The summed E-state index contributed by atoms with van der Waals surface area (Å²) >= 11 is 5.94. The number of nitrogen functional groups attached to an aromatic ring is 1. The van der Waals surface area contributed by atoms with E-state index in [2.05, 4.69) is 20.7 Å². The third kappa shape index (κ3) is 4.06. The standard InChI is InChI=1S/C9H9ClN6.2ClH/c10-8-4-2-1-3-7(8)5-12-14-9-15-13-6-16(9)11;;/h1-6H,11H2,(H,14,15);2*1H. The van der Waals surface area contributed by atoms with Gasteiger partial charge in [0, 0.05) is 10.6 Å². The van der Waals surface area contributed by atoms with E-state index in [1.54, 1.807) is 12.3 Å². The Hall–Kier alpha value is -1.50. The molecule has 0 atom stereocenters. The summed E-state index contributed by atoms with van der Waals surface area (Å²) in [6.45, 7) is 0. The molecule has 0 amide bonds. The molecule has 0 saturated carbocycles. The highest BCUT2D eigenvalue weighted by molar-refractivity contribution is 6.33. The van der Waals surface area contributed by atoms with Gasteiger partial charge in [0.05, 0.1) is 6.21 Å². The molecule has 0 radical (unpaired) electrons. The Kier molecular flexibility index (Phi) is 7.11. The number of rotatable bonds is 3. The Labute approximate surface area is 121 Å². The first-order valence-corrected chi connectivity index (χ1v) is 4.84. The van der Waals surface area contributed by atoms with Gasteiger partial charge in [0.15, 0.2) is 0 Å². The molecule has 6 nitrogen and oxygen atoms in total. The van der Waals surface area contributed by atoms with Crippen LogP contribution in [0, 0.1) is 0 Å². The van der Waals surface area contributed by atoms with Crippen molar-refractivity contribution in [1.82, 2.24) is 14.9 Å². The Bertz CT molecular complexity index is 513. The maximum absolute atomic E-state index is 5.94. The first-order valence-electron chi connectivity index (χ1n) is 4.46. The lowest BCUT2D eigenvalue weighted by Gasteiger charge is -1.98. The second kappa shape index (κ2) is 7.75. The van der Waals surface area contributed by atoms with Crippen molar-refractivity contribution < 1.29 is 0 Å². The zero-order valence-electron chi connectivity index (χ0n) is 9.02. The van der Waals surface area contributed by atoms with Crippen LogP contribution in [0.4, 0.5) is 5.95 Å². The Morgan fingerprint density at radius 2 is 2.06 bits per heavy atom. The smallest absolute Gasteiger partial charge is 0.263 e. The predicted molar refractivity (Wildman–Crippen MR) is 77.3 cm³/mol. The van der Waals surface area contributed by atoms with Gasteiger partial charge in [-0.15, -0.1) is 35.0 Å². The maximum atomic E-state index is 5.94. The molecule has 0 spiro atoms. The van der Waals surface area contributed by atoms with Crippen molar-refractivity contribution in [3.8, 4) is 0 Å². The van der Waals surface area contributed by atoms with Gasteiger partial charge in [-0.2, -0.15) is 5.10 Å². The quantitative estimate of drug-likeness (QED) is 0.516. The zero-order chi connectivity index (χ0) is 11.4. The van der Waals surface area contributed by atoms with Crippen LogP contribution < -0.4 is 11.3 Å². The number of aromatic nitrogens is 3. The minimum absolute atomic E-state index is 0. The summed E-state index contributed by atoms with van der Waals surface area (Å²) in [7, 11) is 0. The lowest BCUT2D eigenvalue weighted by atomic mass is 10.2. The van der Waals surface area contributed by atoms with E-state index >= 15 is 0 Å². The van der Waals surface area contributed by atoms with Crippen LogP contribution >= 0.6 is 36.4 Å². The van der Waals surface area contributed by atoms with Crippen molar-refractivity contribution in [2.75, 3.05) is 11.3 Å². The summed E-state index contributed by atoms with van der Waals surface area (Å²) in [5.74, 6) is 5.83. The number of hydrazone groups is 1. The number of hydrogen-bond donors (Lipinski definition) is 2. The molecule has 0 bridgehead atoms. The molecule has 3 N–H and O–H groups in total. The SMILES string of the molecule is Cl.Cl.Nn1cnnc1NN=Cc1ccccc1Cl. The van der Waals surface area contributed by atoms with Gasteiger partial charge in [-0.25, -0.2) is 10.1 Å². The van der Waals surface area contributed by atoms with E-state index in [0.717, 1.165) is 5.56 Å². The fraction of sp³-hybridized carbons (Fsp3) is 0. The van der Waals surface area contributed by atoms with Gasteiger partial charge in [-0.05, 0) is 6.07 Å². The molecule has 0 unspecified atom stereocenters. The summed E-state index contributed by atoms with van der Waals surface area (Å²) in [5.41, 5.74) is 3.45. The van der Waals surface area contributed by atoms with Gasteiger partial charge in [-0.1, -0.05) is 29.8 Å². The van der Waals surface area contributed by atoms with E-state index in [1.165, 1.54) is 11.0 Å². The average molecular weight is 310 g/mol. The highest BCUT2D eigenvalue weighted by atomic mass is 35.5. The normalized spacial score (nSPS) is 9.61. The predicted octanol–water partition coefficient (Wildman–Crippen LogP) is 1.93. The van der Waals surface area contributed by atoms with Crippen molar-refractivity contribution in [3.05, 3.63) is 41.2 Å².